The lowest BCUT2D eigenvalue weighted by Gasteiger charge is -2.24. The zero-order chi connectivity index (χ0) is 14.1. The Morgan fingerprint density at radius 3 is 2.58 bits per heavy atom. The number of hydrogen-bond acceptors (Lipinski definition) is 1. The van der Waals surface area contributed by atoms with Crippen molar-refractivity contribution < 1.29 is 4.79 Å². The minimum atomic E-state index is 0.258. The van der Waals surface area contributed by atoms with Gasteiger partial charge in [-0.1, -0.05) is 31.2 Å². The van der Waals surface area contributed by atoms with Crippen LogP contribution in [0.2, 0.25) is 0 Å². The smallest absolute Gasteiger partial charge is 0.223 e. The topological polar surface area (TPSA) is 29.1 Å². The summed E-state index contributed by atoms with van der Waals surface area (Å²) in [5, 5.41) is 3.03. The second-order valence-corrected chi connectivity index (χ2v) is 5.22. The maximum atomic E-state index is 11.6. The number of nitrogens with one attached hydrogen (secondary N) is 1. The molecule has 1 saturated carbocycles. The van der Waals surface area contributed by atoms with E-state index < -0.39 is 0 Å². The second kappa shape index (κ2) is 8.73. The molecule has 106 valence electrons. The highest BCUT2D eigenvalue weighted by Crippen LogP contribution is 2.26. The number of allylic oxidation sites excluding steroid dienone is 5. The molecule has 0 aromatic carbocycles. The van der Waals surface area contributed by atoms with Crippen LogP contribution < -0.4 is 5.32 Å². The van der Waals surface area contributed by atoms with Gasteiger partial charge in [0.1, 0.15) is 0 Å². The van der Waals surface area contributed by atoms with Gasteiger partial charge in [-0.05, 0) is 57.1 Å². The molecule has 1 aliphatic rings. The van der Waals surface area contributed by atoms with Crippen molar-refractivity contribution in [3.63, 3.8) is 0 Å². The van der Waals surface area contributed by atoms with Gasteiger partial charge >= 0.3 is 0 Å². The van der Waals surface area contributed by atoms with Gasteiger partial charge in [-0.25, -0.2) is 0 Å². The van der Waals surface area contributed by atoms with Crippen LogP contribution in [-0.2, 0) is 4.79 Å². The van der Waals surface area contributed by atoms with Crippen LogP contribution in [0.5, 0.6) is 0 Å². The summed E-state index contributed by atoms with van der Waals surface area (Å²) in [6, 6.07) is 0. The number of hydrogen-bond donors (Lipinski definition) is 1. The molecule has 1 N–H and O–H groups in total. The van der Waals surface area contributed by atoms with Crippen LogP contribution in [0.15, 0.2) is 36.0 Å². The molecule has 0 atom stereocenters. The van der Waals surface area contributed by atoms with Crippen molar-refractivity contribution in [3.05, 3.63) is 36.0 Å². The van der Waals surface area contributed by atoms with E-state index in [1.54, 1.807) is 0 Å². The summed E-state index contributed by atoms with van der Waals surface area (Å²) in [5.74, 6) is 0.562. The van der Waals surface area contributed by atoms with E-state index in [4.69, 9.17) is 0 Å². The first kappa shape index (κ1) is 15.7. The maximum absolute atomic E-state index is 11.6. The van der Waals surface area contributed by atoms with Crippen LogP contribution in [-0.4, -0.2) is 12.5 Å². The van der Waals surface area contributed by atoms with Crippen molar-refractivity contribution >= 4 is 5.91 Å². The lowest BCUT2D eigenvalue weighted by Crippen LogP contribution is -2.34. The van der Waals surface area contributed by atoms with Crippen LogP contribution in [0.1, 0.15) is 52.4 Å². The van der Waals surface area contributed by atoms with Crippen molar-refractivity contribution in [2.24, 2.45) is 5.92 Å². The summed E-state index contributed by atoms with van der Waals surface area (Å²) in [7, 11) is 0. The lowest BCUT2D eigenvalue weighted by molar-refractivity contribution is -0.127. The first-order valence-electron chi connectivity index (χ1n) is 7.44. The molecular weight excluding hydrogens is 234 g/mol. The third-order valence-electron chi connectivity index (χ3n) is 3.75. The number of carbonyl (C=O) groups is 1. The zero-order valence-electron chi connectivity index (χ0n) is 12.4. The van der Waals surface area contributed by atoms with Crippen LogP contribution in [0.4, 0.5) is 0 Å². The summed E-state index contributed by atoms with van der Waals surface area (Å²) >= 11 is 0. The van der Waals surface area contributed by atoms with E-state index in [1.165, 1.54) is 17.6 Å². The fourth-order valence-electron chi connectivity index (χ4n) is 2.23. The Balaban J connectivity index is 2.09. The van der Waals surface area contributed by atoms with E-state index in [2.05, 4.69) is 24.0 Å². The van der Waals surface area contributed by atoms with E-state index in [0.29, 0.717) is 5.92 Å². The van der Waals surface area contributed by atoms with Crippen molar-refractivity contribution in [1.82, 2.24) is 5.32 Å². The first-order chi connectivity index (χ1) is 9.19. The minimum absolute atomic E-state index is 0.258. The fraction of sp³-hybridized carbons (Fsp3) is 0.588. The average molecular weight is 261 g/mol. The molecule has 0 radical (unpaired) electrons. The molecule has 0 spiro atoms. The lowest BCUT2D eigenvalue weighted by atomic mass is 9.85. The zero-order valence-corrected chi connectivity index (χ0v) is 12.4. The summed E-state index contributed by atoms with van der Waals surface area (Å²) in [5.41, 5.74) is 2.41. The highest BCUT2D eigenvalue weighted by atomic mass is 16.1. The Morgan fingerprint density at radius 1 is 1.32 bits per heavy atom. The molecule has 0 bridgehead atoms. The average Bonchev–Trinajstić information content (AvgIpc) is 2.33. The van der Waals surface area contributed by atoms with Crippen molar-refractivity contribution in [2.45, 2.75) is 52.4 Å². The van der Waals surface area contributed by atoms with Gasteiger partial charge < -0.3 is 5.32 Å². The van der Waals surface area contributed by atoms with Crippen LogP contribution in [0, 0.1) is 5.92 Å². The molecule has 0 unspecified atom stereocenters. The molecule has 2 heteroatoms. The van der Waals surface area contributed by atoms with E-state index in [1.807, 2.05) is 19.9 Å². The monoisotopic (exact) mass is 261 g/mol. The quantitative estimate of drug-likeness (QED) is 0.516. The van der Waals surface area contributed by atoms with E-state index in [-0.39, 0.29) is 5.91 Å². The van der Waals surface area contributed by atoms with E-state index >= 15 is 0 Å². The van der Waals surface area contributed by atoms with Crippen molar-refractivity contribution in [2.75, 3.05) is 6.54 Å². The summed E-state index contributed by atoms with van der Waals surface area (Å²) in [6.07, 6.45) is 12.7. The van der Waals surface area contributed by atoms with Crippen LogP contribution in [0.25, 0.3) is 0 Å². The molecule has 0 aromatic rings. The predicted octanol–water partition coefficient (Wildman–Crippen LogP) is 4.15. The van der Waals surface area contributed by atoms with Gasteiger partial charge in [0.15, 0.2) is 0 Å². The molecule has 1 rings (SSSR count). The number of carbonyl (C=O) groups excluding carboxylic acids is 1. The molecule has 1 aliphatic carbocycles. The Kier molecular flexibility index (Phi) is 7.24. The van der Waals surface area contributed by atoms with Gasteiger partial charge in [0.2, 0.25) is 5.91 Å². The first-order valence-corrected chi connectivity index (χ1v) is 7.44. The molecular formula is C17H27NO. The maximum Gasteiger partial charge on any atom is 0.223 e. The third kappa shape index (κ3) is 5.46. The van der Waals surface area contributed by atoms with Gasteiger partial charge in [0.25, 0.3) is 0 Å². The predicted molar refractivity (Wildman–Crippen MR) is 81.9 cm³/mol. The number of rotatable bonds is 8. The Hall–Kier alpha value is -1.31. The Bertz CT molecular complexity index is 361. The van der Waals surface area contributed by atoms with Gasteiger partial charge in [-0.2, -0.15) is 0 Å². The van der Waals surface area contributed by atoms with Crippen LogP contribution >= 0.6 is 0 Å². The summed E-state index contributed by atoms with van der Waals surface area (Å²) < 4.78 is 0. The van der Waals surface area contributed by atoms with E-state index in [0.717, 1.165) is 38.6 Å². The second-order valence-electron chi connectivity index (χ2n) is 5.22. The highest BCUT2D eigenvalue weighted by Gasteiger charge is 2.24. The molecule has 0 aliphatic heterocycles. The largest absolute Gasteiger partial charge is 0.356 e. The minimum Gasteiger partial charge on any atom is -0.356 e. The van der Waals surface area contributed by atoms with Gasteiger partial charge in [-0.3, -0.25) is 4.79 Å². The highest BCUT2D eigenvalue weighted by molar-refractivity contribution is 5.79. The molecule has 0 aromatic heterocycles. The molecule has 1 amide bonds. The van der Waals surface area contributed by atoms with Crippen LogP contribution in [0.3, 0.4) is 0 Å². The molecule has 19 heavy (non-hydrogen) atoms. The van der Waals surface area contributed by atoms with E-state index in [9.17, 15) is 4.79 Å². The molecule has 2 nitrogen and oxygen atoms in total. The molecule has 1 fully saturated rings. The Morgan fingerprint density at radius 2 is 2.05 bits per heavy atom. The Labute approximate surface area is 117 Å². The molecule has 0 saturated heterocycles. The summed E-state index contributed by atoms with van der Waals surface area (Å²) in [6.45, 7) is 8.99. The SMILES string of the molecule is C=C(CCCCNC(=O)C1CCC1)C(/C=C\C)=C\C. The molecule has 0 heterocycles. The summed E-state index contributed by atoms with van der Waals surface area (Å²) in [4.78, 5) is 11.6. The third-order valence-corrected chi connectivity index (χ3v) is 3.75. The standard InChI is InChI=1S/C17H27NO/c1-4-9-15(5-2)14(3)10-6-7-13-18-17(19)16-11-8-12-16/h4-5,9,16H,3,6-8,10-13H2,1-2H3,(H,18,19)/b9-4-,15-5-. The van der Waals surface area contributed by atoms with Gasteiger partial charge in [-0.15, -0.1) is 0 Å². The van der Waals surface area contributed by atoms with Crippen molar-refractivity contribution in [3.8, 4) is 0 Å². The van der Waals surface area contributed by atoms with Crippen molar-refractivity contribution in [1.29, 1.82) is 0 Å². The number of amides is 1. The van der Waals surface area contributed by atoms with Gasteiger partial charge in [0, 0.05) is 12.5 Å². The fourth-order valence-corrected chi connectivity index (χ4v) is 2.23. The number of unbranched alkanes of at least 4 members (excludes halogenated alkanes) is 1. The van der Waals surface area contributed by atoms with Gasteiger partial charge in [0.05, 0.1) is 0 Å². The normalized spacial score (nSPS) is 16.4.